The van der Waals surface area contributed by atoms with Crippen molar-refractivity contribution in [2.24, 2.45) is 34.0 Å². The van der Waals surface area contributed by atoms with Crippen LogP contribution in [-0.4, -0.2) is 36.4 Å². The number of ether oxygens (including phenoxy) is 3. The van der Waals surface area contributed by atoms with Crippen LogP contribution in [0.2, 0.25) is 0 Å². The van der Waals surface area contributed by atoms with Gasteiger partial charge in [-0.2, -0.15) is 0 Å². The topological polar surface area (TPSA) is 65.1 Å². The van der Waals surface area contributed by atoms with Gasteiger partial charge in [-0.1, -0.05) is 20.8 Å². The van der Waals surface area contributed by atoms with Crippen molar-refractivity contribution in [1.82, 2.24) is 0 Å². The molecule has 5 aliphatic rings. The van der Waals surface area contributed by atoms with E-state index in [1.807, 2.05) is 0 Å². The third kappa shape index (κ3) is 2.56. The molecule has 5 nitrogen and oxygen atoms in total. The van der Waals surface area contributed by atoms with Crippen LogP contribution in [0.1, 0.15) is 86.0 Å². The number of esters is 2. The van der Waals surface area contributed by atoms with Crippen molar-refractivity contribution in [3.8, 4) is 0 Å². The fourth-order valence-electron chi connectivity index (χ4n) is 8.95. The fourth-order valence-corrected chi connectivity index (χ4v) is 8.95. The molecule has 5 rings (SSSR count). The van der Waals surface area contributed by atoms with Gasteiger partial charge < -0.3 is 14.2 Å². The average Bonchev–Trinajstić information content (AvgIpc) is 3.31. The Morgan fingerprint density at radius 2 is 1.63 bits per heavy atom. The van der Waals surface area contributed by atoms with Crippen LogP contribution in [0.4, 0.5) is 0 Å². The molecule has 0 radical (unpaired) electrons. The number of epoxide rings is 1. The van der Waals surface area contributed by atoms with Crippen LogP contribution in [-0.2, 0) is 23.8 Å². The molecule has 0 aromatic rings. The third-order valence-electron chi connectivity index (χ3n) is 10.8. The van der Waals surface area contributed by atoms with Crippen molar-refractivity contribution in [2.75, 3.05) is 6.61 Å². The molecule has 1 aliphatic heterocycles. The third-order valence-corrected chi connectivity index (χ3v) is 10.8. The summed E-state index contributed by atoms with van der Waals surface area (Å²) in [5.74, 6) is 1.37. The Balaban J connectivity index is 1.39. The fraction of sp³-hybridized carbons (Fsp3) is 0.920. The number of rotatable bonds is 3. The van der Waals surface area contributed by atoms with E-state index in [0.717, 1.165) is 32.1 Å². The average molecular weight is 419 g/mol. The molecule has 5 heteroatoms. The summed E-state index contributed by atoms with van der Waals surface area (Å²) in [7, 11) is 0. The Bertz CT molecular complexity index is 763. The van der Waals surface area contributed by atoms with Gasteiger partial charge in [0.25, 0.3) is 0 Å². The summed E-state index contributed by atoms with van der Waals surface area (Å²) in [5, 5.41) is 0. The van der Waals surface area contributed by atoms with Gasteiger partial charge in [-0.15, -0.1) is 0 Å². The normalized spacial score (nSPS) is 53.6. The zero-order valence-electron chi connectivity index (χ0n) is 19.3. The number of hydrogen-bond donors (Lipinski definition) is 0. The Morgan fingerprint density at radius 3 is 2.33 bits per heavy atom. The first kappa shape index (κ1) is 20.8. The zero-order chi connectivity index (χ0) is 21.5. The minimum atomic E-state index is -0.173. The Kier molecular flexibility index (Phi) is 4.48. The molecule has 4 aliphatic carbocycles. The minimum Gasteiger partial charge on any atom is -0.466 e. The van der Waals surface area contributed by atoms with E-state index < -0.39 is 0 Å². The standard InChI is InChI=1S/C25H38O5/c1-15(26)28-14-17-12-21-25(30-21)20-7-9-22(3)13-18(29-16(2)27)6-10-24(22,5)19(20)8-11-23(17,25)4/h17-21H,6-14H2,1-5H3/t17-,18-,19+,20-,21-,22-,23+,24+,25-/m0/s1. The molecule has 1 heterocycles. The molecule has 1 saturated heterocycles. The predicted octanol–water partition coefficient (Wildman–Crippen LogP) is 4.66. The van der Waals surface area contributed by atoms with Crippen molar-refractivity contribution in [1.29, 1.82) is 0 Å². The lowest BCUT2D eigenvalue weighted by Crippen LogP contribution is -2.62. The van der Waals surface area contributed by atoms with Crippen LogP contribution in [0.5, 0.6) is 0 Å². The summed E-state index contributed by atoms with van der Waals surface area (Å²) >= 11 is 0. The van der Waals surface area contributed by atoms with E-state index in [1.165, 1.54) is 33.1 Å². The largest absolute Gasteiger partial charge is 0.466 e. The summed E-state index contributed by atoms with van der Waals surface area (Å²) in [5.41, 5.74) is 0.606. The highest BCUT2D eigenvalue weighted by Crippen LogP contribution is 2.77. The van der Waals surface area contributed by atoms with Gasteiger partial charge in [-0.25, -0.2) is 0 Å². The molecule has 168 valence electrons. The molecule has 0 amide bonds. The zero-order valence-corrected chi connectivity index (χ0v) is 19.3. The molecular weight excluding hydrogens is 380 g/mol. The molecule has 5 fully saturated rings. The maximum Gasteiger partial charge on any atom is 0.302 e. The first-order valence-electron chi connectivity index (χ1n) is 12.0. The summed E-state index contributed by atoms with van der Waals surface area (Å²) in [6, 6.07) is 0. The molecule has 0 aromatic carbocycles. The number of fused-ring (bicyclic) bond motifs is 3. The highest BCUT2D eigenvalue weighted by molar-refractivity contribution is 5.66. The minimum absolute atomic E-state index is 0.00218. The van der Waals surface area contributed by atoms with Gasteiger partial charge in [0.1, 0.15) is 11.7 Å². The van der Waals surface area contributed by atoms with Crippen LogP contribution in [0.3, 0.4) is 0 Å². The molecule has 9 atom stereocenters. The predicted molar refractivity (Wildman–Crippen MR) is 112 cm³/mol. The van der Waals surface area contributed by atoms with Gasteiger partial charge in [0.05, 0.1) is 12.7 Å². The van der Waals surface area contributed by atoms with Gasteiger partial charge in [-0.05, 0) is 74.0 Å². The lowest BCUT2D eigenvalue weighted by molar-refractivity contribution is -0.192. The first-order chi connectivity index (χ1) is 14.1. The number of carbonyl (C=O) groups is 2. The van der Waals surface area contributed by atoms with Crippen LogP contribution in [0.25, 0.3) is 0 Å². The van der Waals surface area contributed by atoms with E-state index >= 15 is 0 Å². The molecule has 0 unspecified atom stereocenters. The summed E-state index contributed by atoms with van der Waals surface area (Å²) in [6.45, 7) is 11.0. The second kappa shape index (κ2) is 6.46. The van der Waals surface area contributed by atoms with Gasteiger partial charge >= 0.3 is 11.9 Å². The van der Waals surface area contributed by atoms with Crippen molar-refractivity contribution in [2.45, 2.75) is 104 Å². The lowest BCUT2D eigenvalue weighted by Gasteiger charge is -2.65. The maximum absolute atomic E-state index is 11.5. The molecule has 1 spiro atoms. The SMILES string of the molecule is CC(=O)OC[C@@H]1C[C@@H]2O[C@@]23[C@H]2CC[C@@]4(C)C[C@@H](OC(C)=O)CC[C@]4(C)[C@@H]2CC[C@]13C. The maximum atomic E-state index is 11.5. The van der Waals surface area contributed by atoms with Crippen molar-refractivity contribution in [3.63, 3.8) is 0 Å². The van der Waals surface area contributed by atoms with Crippen LogP contribution in [0, 0.1) is 34.0 Å². The quantitative estimate of drug-likeness (QED) is 0.493. The van der Waals surface area contributed by atoms with Crippen LogP contribution >= 0.6 is 0 Å². The summed E-state index contributed by atoms with van der Waals surface area (Å²) in [6.07, 6.45) is 9.37. The van der Waals surface area contributed by atoms with Gasteiger partial charge in [0, 0.05) is 25.2 Å². The highest BCUT2D eigenvalue weighted by Gasteiger charge is 2.81. The van der Waals surface area contributed by atoms with Gasteiger partial charge in [-0.3, -0.25) is 9.59 Å². The number of carbonyl (C=O) groups excluding carboxylic acids is 2. The molecule has 4 saturated carbocycles. The van der Waals surface area contributed by atoms with Gasteiger partial charge in [0.15, 0.2) is 0 Å². The highest BCUT2D eigenvalue weighted by atomic mass is 16.6. The Morgan fingerprint density at radius 1 is 0.933 bits per heavy atom. The van der Waals surface area contributed by atoms with E-state index in [2.05, 4.69) is 20.8 Å². The van der Waals surface area contributed by atoms with Crippen LogP contribution in [0.15, 0.2) is 0 Å². The van der Waals surface area contributed by atoms with E-state index in [0.29, 0.717) is 30.5 Å². The summed E-state index contributed by atoms with van der Waals surface area (Å²) in [4.78, 5) is 23.0. The van der Waals surface area contributed by atoms with E-state index in [1.54, 1.807) is 0 Å². The smallest absolute Gasteiger partial charge is 0.302 e. The van der Waals surface area contributed by atoms with E-state index in [4.69, 9.17) is 14.2 Å². The molecule has 30 heavy (non-hydrogen) atoms. The Labute approximate surface area is 180 Å². The Hall–Kier alpha value is -1.10. The van der Waals surface area contributed by atoms with E-state index in [-0.39, 0.29) is 39.9 Å². The molecule has 0 N–H and O–H groups in total. The summed E-state index contributed by atoms with van der Waals surface area (Å²) < 4.78 is 17.7. The van der Waals surface area contributed by atoms with Crippen molar-refractivity contribution >= 4 is 11.9 Å². The van der Waals surface area contributed by atoms with Crippen molar-refractivity contribution < 1.29 is 23.8 Å². The van der Waals surface area contributed by atoms with Gasteiger partial charge in [0.2, 0.25) is 0 Å². The second-order valence-electron chi connectivity index (χ2n) is 11.8. The number of hydrogen-bond acceptors (Lipinski definition) is 5. The van der Waals surface area contributed by atoms with E-state index in [9.17, 15) is 9.59 Å². The van der Waals surface area contributed by atoms with Crippen LogP contribution < -0.4 is 0 Å². The monoisotopic (exact) mass is 418 g/mol. The molecular formula is C25H38O5. The molecule has 0 aromatic heterocycles. The first-order valence-corrected chi connectivity index (χ1v) is 12.0. The van der Waals surface area contributed by atoms with Crippen molar-refractivity contribution in [3.05, 3.63) is 0 Å². The second-order valence-corrected chi connectivity index (χ2v) is 11.8. The lowest BCUT2D eigenvalue weighted by atomic mass is 9.40. The molecule has 0 bridgehead atoms.